The highest BCUT2D eigenvalue weighted by atomic mass is 16.2. The molecule has 1 aliphatic carbocycles. The molecule has 1 saturated heterocycles. The smallest absolute Gasteiger partial charge is 0.226 e. The zero-order valence-corrected chi connectivity index (χ0v) is 7.78. The van der Waals surface area contributed by atoms with Gasteiger partial charge in [0.05, 0.1) is 0 Å². The molecule has 0 unspecified atom stereocenters. The Morgan fingerprint density at radius 3 is 2.62 bits per heavy atom. The molecule has 2 N–H and O–H groups in total. The maximum Gasteiger partial charge on any atom is 0.226 e. The van der Waals surface area contributed by atoms with E-state index in [2.05, 4.69) is 12.2 Å². The first kappa shape index (κ1) is 8.75. The average Bonchev–Trinajstić information content (AvgIpc) is 2.72. The lowest BCUT2D eigenvalue weighted by Crippen LogP contribution is -2.35. The van der Waals surface area contributed by atoms with E-state index in [0.717, 1.165) is 32.4 Å². The molecule has 0 radical (unpaired) electrons. The van der Waals surface area contributed by atoms with Gasteiger partial charge in [0.2, 0.25) is 5.91 Å². The minimum Gasteiger partial charge on any atom is -0.341 e. The Labute approximate surface area is 78.6 Å². The normalized spacial score (nSPS) is 28.7. The number of hydrogen-bond acceptors (Lipinski definition) is 2. The molecule has 0 aromatic heterocycles. The molecule has 13 heavy (non-hydrogen) atoms. The maximum atomic E-state index is 11.8. The van der Waals surface area contributed by atoms with E-state index in [1.54, 1.807) is 0 Å². The predicted molar refractivity (Wildman–Crippen MR) is 51.0 cm³/mol. The number of allylic oxidation sites excluding steroid dienone is 2. The first-order valence-corrected chi connectivity index (χ1v) is 4.97. The van der Waals surface area contributed by atoms with E-state index in [9.17, 15) is 4.79 Å². The van der Waals surface area contributed by atoms with Crippen LogP contribution in [0.3, 0.4) is 0 Å². The van der Waals surface area contributed by atoms with Crippen LogP contribution < -0.4 is 5.73 Å². The molecular formula is C10H16N2O. The van der Waals surface area contributed by atoms with Gasteiger partial charge in [-0.2, -0.15) is 0 Å². The van der Waals surface area contributed by atoms with Crippen molar-refractivity contribution in [1.82, 2.24) is 4.90 Å². The van der Waals surface area contributed by atoms with Crippen LogP contribution in [0.1, 0.15) is 19.3 Å². The molecule has 1 heterocycles. The van der Waals surface area contributed by atoms with Crippen LogP contribution in [0.25, 0.3) is 0 Å². The summed E-state index contributed by atoms with van der Waals surface area (Å²) < 4.78 is 0. The highest BCUT2D eigenvalue weighted by molar-refractivity contribution is 5.80. The molecule has 2 aliphatic rings. The van der Waals surface area contributed by atoms with Gasteiger partial charge in [-0.05, 0) is 19.3 Å². The first-order valence-electron chi connectivity index (χ1n) is 4.97. The van der Waals surface area contributed by atoms with Crippen molar-refractivity contribution >= 4 is 5.91 Å². The standard InChI is InChI=1S/C10H16N2O/c11-9-5-6-12(7-9)10(13)8-3-1-2-4-8/h1-2,8-9H,3-7,11H2/t9-/m0/s1. The Kier molecular flexibility index (Phi) is 2.36. The van der Waals surface area contributed by atoms with Crippen LogP contribution in [-0.2, 0) is 4.79 Å². The third-order valence-electron chi connectivity index (χ3n) is 2.89. The molecule has 3 heteroatoms. The zero-order valence-electron chi connectivity index (χ0n) is 7.78. The van der Waals surface area contributed by atoms with Gasteiger partial charge in [-0.1, -0.05) is 12.2 Å². The van der Waals surface area contributed by atoms with Crippen molar-refractivity contribution < 1.29 is 4.79 Å². The fraction of sp³-hybridized carbons (Fsp3) is 0.700. The molecule has 0 saturated carbocycles. The van der Waals surface area contributed by atoms with E-state index in [1.807, 2.05) is 4.90 Å². The van der Waals surface area contributed by atoms with Gasteiger partial charge in [0.15, 0.2) is 0 Å². The highest BCUT2D eigenvalue weighted by Crippen LogP contribution is 2.22. The minimum absolute atomic E-state index is 0.207. The molecule has 0 aromatic carbocycles. The van der Waals surface area contributed by atoms with Crippen molar-refractivity contribution in [3.8, 4) is 0 Å². The third-order valence-corrected chi connectivity index (χ3v) is 2.89. The van der Waals surface area contributed by atoms with Crippen molar-refractivity contribution in [1.29, 1.82) is 0 Å². The predicted octanol–water partition coefficient (Wildman–Crippen LogP) is 0.512. The van der Waals surface area contributed by atoms with E-state index in [1.165, 1.54) is 0 Å². The fourth-order valence-electron chi connectivity index (χ4n) is 2.06. The van der Waals surface area contributed by atoms with E-state index < -0.39 is 0 Å². The summed E-state index contributed by atoms with van der Waals surface area (Å²) in [5.41, 5.74) is 5.75. The molecular weight excluding hydrogens is 164 g/mol. The second-order valence-electron chi connectivity index (χ2n) is 3.97. The third kappa shape index (κ3) is 1.75. The Hall–Kier alpha value is -0.830. The second-order valence-corrected chi connectivity index (χ2v) is 3.97. The van der Waals surface area contributed by atoms with Crippen LogP contribution in [0.5, 0.6) is 0 Å². The molecule has 0 spiro atoms. The van der Waals surface area contributed by atoms with Crippen molar-refractivity contribution in [2.45, 2.75) is 25.3 Å². The quantitative estimate of drug-likeness (QED) is 0.598. The molecule has 1 fully saturated rings. The summed E-state index contributed by atoms with van der Waals surface area (Å²) in [4.78, 5) is 13.7. The number of hydrogen-bond donors (Lipinski definition) is 1. The Balaban J connectivity index is 1.90. The van der Waals surface area contributed by atoms with E-state index in [0.29, 0.717) is 5.91 Å². The summed E-state index contributed by atoms with van der Waals surface area (Å²) in [5.74, 6) is 0.517. The lowest BCUT2D eigenvalue weighted by atomic mass is 10.1. The molecule has 3 nitrogen and oxygen atoms in total. The molecule has 2 rings (SSSR count). The number of amides is 1. The van der Waals surface area contributed by atoms with E-state index in [-0.39, 0.29) is 12.0 Å². The van der Waals surface area contributed by atoms with Crippen molar-refractivity contribution in [2.75, 3.05) is 13.1 Å². The van der Waals surface area contributed by atoms with Crippen molar-refractivity contribution in [3.63, 3.8) is 0 Å². The molecule has 1 aliphatic heterocycles. The number of carbonyl (C=O) groups excluding carboxylic acids is 1. The van der Waals surface area contributed by atoms with Gasteiger partial charge in [0, 0.05) is 25.0 Å². The summed E-state index contributed by atoms with van der Waals surface area (Å²) in [5, 5.41) is 0. The van der Waals surface area contributed by atoms with Crippen LogP contribution in [0.4, 0.5) is 0 Å². The highest BCUT2D eigenvalue weighted by Gasteiger charge is 2.29. The van der Waals surface area contributed by atoms with Crippen molar-refractivity contribution in [3.05, 3.63) is 12.2 Å². The first-order chi connectivity index (χ1) is 6.27. The number of likely N-dealkylation sites (tertiary alicyclic amines) is 1. The van der Waals surface area contributed by atoms with Crippen LogP contribution in [0.2, 0.25) is 0 Å². The summed E-state index contributed by atoms with van der Waals surface area (Å²) in [7, 11) is 0. The Bertz CT molecular complexity index is 229. The topological polar surface area (TPSA) is 46.3 Å². The Morgan fingerprint density at radius 2 is 2.08 bits per heavy atom. The lowest BCUT2D eigenvalue weighted by molar-refractivity contribution is -0.134. The van der Waals surface area contributed by atoms with Gasteiger partial charge in [-0.25, -0.2) is 0 Å². The van der Waals surface area contributed by atoms with E-state index in [4.69, 9.17) is 5.73 Å². The molecule has 1 atom stereocenters. The van der Waals surface area contributed by atoms with Gasteiger partial charge in [0.25, 0.3) is 0 Å². The number of nitrogens with zero attached hydrogens (tertiary/aromatic N) is 1. The van der Waals surface area contributed by atoms with Gasteiger partial charge in [0.1, 0.15) is 0 Å². The minimum atomic E-state index is 0.207. The molecule has 0 aromatic rings. The van der Waals surface area contributed by atoms with Crippen LogP contribution in [0, 0.1) is 5.92 Å². The van der Waals surface area contributed by atoms with Gasteiger partial charge >= 0.3 is 0 Å². The average molecular weight is 180 g/mol. The SMILES string of the molecule is N[C@H]1CCN(C(=O)C2CC=CC2)C1. The Morgan fingerprint density at radius 1 is 1.38 bits per heavy atom. The lowest BCUT2D eigenvalue weighted by Gasteiger charge is -2.19. The van der Waals surface area contributed by atoms with Gasteiger partial charge in [-0.3, -0.25) is 4.79 Å². The van der Waals surface area contributed by atoms with E-state index >= 15 is 0 Å². The number of nitrogens with two attached hydrogens (primary N) is 1. The fourth-order valence-corrected chi connectivity index (χ4v) is 2.06. The molecule has 1 amide bonds. The largest absolute Gasteiger partial charge is 0.341 e. The number of rotatable bonds is 1. The second kappa shape index (κ2) is 3.50. The molecule has 72 valence electrons. The zero-order chi connectivity index (χ0) is 9.26. The van der Waals surface area contributed by atoms with Crippen LogP contribution in [-0.4, -0.2) is 29.9 Å². The maximum absolute atomic E-state index is 11.8. The molecule has 0 bridgehead atoms. The summed E-state index contributed by atoms with van der Waals surface area (Å²) >= 11 is 0. The van der Waals surface area contributed by atoms with Crippen LogP contribution >= 0.6 is 0 Å². The van der Waals surface area contributed by atoms with Crippen molar-refractivity contribution in [2.24, 2.45) is 11.7 Å². The monoisotopic (exact) mass is 180 g/mol. The summed E-state index contributed by atoms with van der Waals surface area (Å²) in [6.45, 7) is 1.62. The van der Waals surface area contributed by atoms with Gasteiger partial charge in [-0.15, -0.1) is 0 Å². The number of carbonyl (C=O) groups is 1. The summed E-state index contributed by atoms with van der Waals surface area (Å²) in [6.07, 6.45) is 7.00. The summed E-state index contributed by atoms with van der Waals surface area (Å²) in [6, 6.07) is 0.207. The van der Waals surface area contributed by atoms with Gasteiger partial charge < -0.3 is 10.6 Å². The van der Waals surface area contributed by atoms with Crippen LogP contribution in [0.15, 0.2) is 12.2 Å².